The molecule has 0 N–H and O–H groups in total. The van der Waals surface area contributed by atoms with Gasteiger partial charge in [0, 0.05) is 30.3 Å². The monoisotopic (exact) mass is 327 g/mol. The summed E-state index contributed by atoms with van der Waals surface area (Å²) in [6.45, 7) is 1.25. The predicted octanol–water partition coefficient (Wildman–Crippen LogP) is 2.21. The number of hydrogen-bond acceptors (Lipinski definition) is 5. The van der Waals surface area contributed by atoms with E-state index < -0.39 is 0 Å². The molecule has 2 bridgehead atoms. The van der Waals surface area contributed by atoms with Crippen molar-refractivity contribution in [3.63, 3.8) is 0 Å². The van der Waals surface area contributed by atoms with Crippen LogP contribution in [-0.4, -0.2) is 52.5 Å². The molecule has 0 amide bonds. The Hall–Kier alpha value is -2.08. The minimum Gasteiger partial charge on any atom is -0.489 e. The van der Waals surface area contributed by atoms with Gasteiger partial charge in [-0.2, -0.15) is 5.10 Å². The van der Waals surface area contributed by atoms with Crippen LogP contribution in [0.5, 0.6) is 5.75 Å². The van der Waals surface area contributed by atoms with Gasteiger partial charge in [-0.3, -0.25) is 4.68 Å². The fraction of sp³-hybridized carbons (Fsp3) is 0.556. The summed E-state index contributed by atoms with van der Waals surface area (Å²) in [4.78, 5) is 15.2. The van der Waals surface area contributed by atoms with Crippen molar-refractivity contribution in [3.8, 4) is 5.75 Å². The van der Waals surface area contributed by atoms with Crippen LogP contribution in [0.2, 0.25) is 0 Å². The Kier molecular flexibility index (Phi) is 3.10. The van der Waals surface area contributed by atoms with Gasteiger partial charge in [-0.05, 0) is 26.0 Å². The Balaban J connectivity index is 1.42. The lowest BCUT2D eigenvalue weighted by Gasteiger charge is -2.35. The molecule has 0 spiro atoms. The maximum atomic E-state index is 12.8. The molecule has 5 rings (SSSR count). The smallest absolute Gasteiger partial charge is 0.359 e. The maximum absolute atomic E-state index is 12.8. The van der Waals surface area contributed by atoms with E-state index in [2.05, 4.69) is 17.0 Å². The van der Waals surface area contributed by atoms with Gasteiger partial charge < -0.3 is 14.4 Å². The molecule has 0 aliphatic carbocycles. The lowest BCUT2D eigenvalue weighted by atomic mass is 10.0. The lowest BCUT2D eigenvalue weighted by molar-refractivity contribution is -0.000896. The Morgan fingerprint density at radius 2 is 2.08 bits per heavy atom. The van der Waals surface area contributed by atoms with E-state index in [1.54, 1.807) is 0 Å². The molecule has 6 heteroatoms. The molecule has 126 valence electrons. The van der Waals surface area contributed by atoms with Crippen molar-refractivity contribution in [3.05, 3.63) is 23.9 Å². The molecule has 2 atom stereocenters. The number of ether oxygens (including phenoxy) is 2. The average molecular weight is 327 g/mol. The van der Waals surface area contributed by atoms with E-state index in [1.165, 1.54) is 12.8 Å². The summed E-state index contributed by atoms with van der Waals surface area (Å²) in [6.07, 6.45) is 4.31. The first-order chi connectivity index (χ1) is 11.7. The number of fused-ring (bicyclic) bond motifs is 2. The van der Waals surface area contributed by atoms with E-state index in [0.717, 1.165) is 29.5 Å². The third-order valence-corrected chi connectivity index (χ3v) is 5.82. The number of piperidine rings is 1. The molecule has 0 radical (unpaired) electrons. The standard InChI is InChI=1S/C18H21N3O3/c1-20-11-5-6-12(20)10-13(9-11)24-18(22)16-14-3-2-4-15-17(14)21(19-16)7-8-23-15/h2-4,11-13H,5-10H2,1H3/t11-,12-/m0/s1. The van der Waals surface area contributed by atoms with Crippen LogP contribution in [0.25, 0.3) is 10.9 Å². The molecular formula is C18H21N3O3. The van der Waals surface area contributed by atoms with Gasteiger partial charge in [0.1, 0.15) is 24.0 Å². The topological polar surface area (TPSA) is 56.6 Å². The maximum Gasteiger partial charge on any atom is 0.359 e. The highest BCUT2D eigenvalue weighted by Gasteiger charge is 2.40. The SMILES string of the molecule is CN1[C@H]2CC[C@H]1CC(OC(=O)c1nn3c4c(cccc14)OCC3)C2. The zero-order valence-electron chi connectivity index (χ0n) is 13.8. The Morgan fingerprint density at radius 1 is 1.29 bits per heavy atom. The zero-order chi connectivity index (χ0) is 16.3. The van der Waals surface area contributed by atoms with Crippen LogP contribution in [0.15, 0.2) is 18.2 Å². The highest BCUT2D eigenvalue weighted by Crippen LogP contribution is 2.36. The van der Waals surface area contributed by atoms with Gasteiger partial charge in [0.15, 0.2) is 5.69 Å². The molecule has 1 aromatic carbocycles. The zero-order valence-corrected chi connectivity index (χ0v) is 13.8. The molecule has 3 aliphatic heterocycles. The van der Waals surface area contributed by atoms with Crippen LogP contribution in [-0.2, 0) is 11.3 Å². The predicted molar refractivity (Wildman–Crippen MR) is 88.2 cm³/mol. The number of esters is 1. The number of hydrogen-bond donors (Lipinski definition) is 0. The number of aromatic nitrogens is 2. The van der Waals surface area contributed by atoms with Crippen molar-refractivity contribution in [2.45, 2.75) is 50.4 Å². The number of carbonyl (C=O) groups excluding carboxylic acids is 1. The fourth-order valence-corrected chi connectivity index (χ4v) is 4.54. The van der Waals surface area contributed by atoms with Gasteiger partial charge in [-0.25, -0.2) is 4.79 Å². The second-order valence-electron chi connectivity index (χ2n) is 7.12. The highest BCUT2D eigenvalue weighted by molar-refractivity contribution is 6.04. The lowest BCUT2D eigenvalue weighted by Crippen LogP contribution is -2.43. The quantitative estimate of drug-likeness (QED) is 0.792. The highest BCUT2D eigenvalue weighted by atomic mass is 16.5. The van der Waals surface area contributed by atoms with Crippen LogP contribution in [0.1, 0.15) is 36.2 Å². The van der Waals surface area contributed by atoms with E-state index in [0.29, 0.717) is 30.9 Å². The van der Waals surface area contributed by atoms with Crippen molar-refractivity contribution in [1.82, 2.24) is 14.7 Å². The summed E-state index contributed by atoms with van der Waals surface area (Å²) in [5.41, 5.74) is 1.32. The summed E-state index contributed by atoms with van der Waals surface area (Å²) in [5, 5.41) is 5.33. The Morgan fingerprint density at radius 3 is 2.88 bits per heavy atom. The summed E-state index contributed by atoms with van der Waals surface area (Å²) in [5.74, 6) is 0.495. The van der Waals surface area contributed by atoms with Crippen LogP contribution in [0.3, 0.4) is 0 Å². The molecule has 0 unspecified atom stereocenters. The van der Waals surface area contributed by atoms with Gasteiger partial charge in [0.25, 0.3) is 0 Å². The third kappa shape index (κ3) is 2.05. The van der Waals surface area contributed by atoms with Gasteiger partial charge in [0.05, 0.1) is 6.54 Å². The minimum atomic E-state index is -0.299. The molecule has 6 nitrogen and oxygen atoms in total. The molecule has 24 heavy (non-hydrogen) atoms. The summed E-state index contributed by atoms with van der Waals surface area (Å²) in [7, 11) is 2.19. The minimum absolute atomic E-state index is 0.0101. The van der Waals surface area contributed by atoms with Crippen molar-refractivity contribution in [2.24, 2.45) is 0 Å². The molecule has 2 aromatic rings. The van der Waals surface area contributed by atoms with Gasteiger partial charge >= 0.3 is 5.97 Å². The first-order valence-electron chi connectivity index (χ1n) is 8.76. The van der Waals surface area contributed by atoms with Crippen LogP contribution >= 0.6 is 0 Å². The Bertz CT molecular complexity index is 801. The second kappa shape index (κ2) is 5.21. The number of nitrogens with zero attached hydrogens (tertiary/aromatic N) is 3. The fourth-order valence-electron chi connectivity index (χ4n) is 4.54. The molecule has 2 fully saturated rings. The molecule has 4 heterocycles. The van der Waals surface area contributed by atoms with Gasteiger partial charge in [0.2, 0.25) is 0 Å². The molecule has 0 saturated carbocycles. The van der Waals surface area contributed by atoms with E-state index in [4.69, 9.17) is 9.47 Å². The number of rotatable bonds is 2. The summed E-state index contributed by atoms with van der Waals surface area (Å²) < 4.78 is 13.4. The summed E-state index contributed by atoms with van der Waals surface area (Å²) in [6, 6.07) is 6.85. The van der Waals surface area contributed by atoms with Gasteiger partial charge in [-0.15, -0.1) is 0 Å². The number of benzene rings is 1. The van der Waals surface area contributed by atoms with E-state index in [1.807, 2.05) is 22.9 Å². The van der Waals surface area contributed by atoms with E-state index >= 15 is 0 Å². The number of para-hydroxylation sites is 1. The van der Waals surface area contributed by atoms with Crippen LogP contribution in [0, 0.1) is 0 Å². The van der Waals surface area contributed by atoms with Crippen molar-refractivity contribution < 1.29 is 14.3 Å². The average Bonchev–Trinajstić information content (AvgIpc) is 3.04. The second-order valence-corrected chi connectivity index (χ2v) is 7.12. The molecule has 2 saturated heterocycles. The van der Waals surface area contributed by atoms with Crippen molar-refractivity contribution in [2.75, 3.05) is 13.7 Å². The first-order valence-corrected chi connectivity index (χ1v) is 8.76. The van der Waals surface area contributed by atoms with Crippen molar-refractivity contribution >= 4 is 16.9 Å². The van der Waals surface area contributed by atoms with Crippen LogP contribution < -0.4 is 4.74 Å². The first kappa shape index (κ1) is 14.3. The number of carbonyl (C=O) groups is 1. The molecule has 1 aromatic heterocycles. The van der Waals surface area contributed by atoms with Crippen LogP contribution in [0.4, 0.5) is 0 Å². The molecule has 3 aliphatic rings. The normalized spacial score (nSPS) is 28.8. The third-order valence-electron chi connectivity index (χ3n) is 5.82. The van der Waals surface area contributed by atoms with Gasteiger partial charge in [-0.1, -0.05) is 12.1 Å². The van der Waals surface area contributed by atoms with Crippen molar-refractivity contribution in [1.29, 1.82) is 0 Å². The van der Waals surface area contributed by atoms with E-state index in [9.17, 15) is 4.79 Å². The summed E-state index contributed by atoms with van der Waals surface area (Å²) >= 11 is 0. The molecular weight excluding hydrogens is 306 g/mol. The Labute approximate surface area is 140 Å². The van der Waals surface area contributed by atoms with E-state index in [-0.39, 0.29) is 12.1 Å². The largest absolute Gasteiger partial charge is 0.489 e.